The second-order valence-electron chi connectivity index (χ2n) is 7.42. The Balaban J connectivity index is 2.95. The van der Waals surface area contributed by atoms with Gasteiger partial charge < -0.3 is 48.3 Å². The van der Waals surface area contributed by atoms with E-state index in [1.54, 1.807) is 0 Å². The summed E-state index contributed by atoms with van der Waals surface area (Å²) in [6, 6.07) is -6.13. The zero-order valence-electron chi connectivity index (χ0n) is 18.2. The van der Waals surface area contributed by atoms with Gasteiger partial charge in [0.05, 0.1) is 31.3 Å². The van der Waals surface area contributed by atoms with Gasteiger partial charge in [-0.05, 0) is 6.92 Å². The van der Waals surface area contributed by atoms with Gasteiger partial charge in [0.2, 0.25) is 29.5 Å². The maximum atomic E-state index is 12.7. The molecule has 5 unspecified atom stereocenters. The molecule has 0 aliphatic carbocycles. The minimum Gasteiger partial charge on any atom is -0.480 e. The van der Waals surface area contributed by atoms with Crippen LogP contribution in [0, 0.1) is 0 Å². The van der Waals surface area contributed by atoms with Crippen LogP contribution >= 0.6 is 0 Å². The molecule has 16 nitrogen and oxygen atoms in total. The number of primary amides is 2. The van der Waals surface area contributed by atoms with Crippen molar-refractivity contribution in [1.82, 2.24) is 25.9 Å². The number of aliphatic carboxylic acids is 1. The SMILES string of the molecule is CC(O)C(NC(=O)C(CC(N)=O)NC(=O)C(N)CC(N)=O)C(=O)NC(Cc1cnc[nH]1)C(=O)O. The quantitative estimate of drug-likeness (QED) is 0.121. The summed E-state index contributed by atoms with van der Waals surface area (Å²) in [4.78, 5) is 77.7. The Hall–Kier alpha value is -4.05. The van der Waals surface area contributed by atoms with Gasteiger partial charge in [0, 0.05) is 18.3 Å². The van der Waals surface area contributed by atoms with Gasteiger partial charge in [0.25, 0.3) is 0 Å². The molecule has 0 aliphatic rings. The van der Waals surface area contributed by atoms with Crippen LogP contribution in [0.4, 0.5) is 0 Å². The number of nitrogens with two attached hydrogens (primary N) is 3. The normalized spacial score (nSPS) is 15.1. The molecular formula is C18H28N8O8. The number of carbonyl (C=O) groups is 6. The van der Waals surface area contributed by atoms with E-state index in [2.05, 4.69) is 25.9 Å². The lowest BCUT2D eigenvalue weighted by atomic mass is 10.1. The fraction of sp³-hybridized carbons (Fsp3) is 0.500. The topological polar surface area (TPSA) is 286 Å². The number of carbonyl (C=O) groups excluding carboxylic acids is 5. The number of imidazole rings is 1. The summed E-state index contributed by atoms with van der Waals surface area (Å²) in [6.45, 7) is 1.15. The van der Waals surface area contributed by atoms with Crippen molar-refractivity contribution < 1.29 is 39.0 Å². The summed E-state index contributed by atoms with van der Waals surface area (Å²) in [5.41, 5.74) is 16.0. The minimum absolute atomic E-state index is 0.167. The minimum atomic E-state index is -1.66. The first-order valence-corrected chi connectivity index (χ1v) is 9.93. The molecule has 5 atom stereocenters. The number of aliphatic hydroxyl groups excluding tert-OH is 1. The largest absolute Gasteiger partial charge is 0.480 e. The lowest BCUT2D eigenvalue weighted by Gasteiger charge is -2.26. The summed E-state index contributed by atoms with van der Waals surface area (Å²) in [7, 11) is 0. The van der Waals surface area contributed by atoms with Gasteiger partial charge in [0.1, 0.15) is 18.1 Å². The number of carboxylic acid groups (broad SMARTS) is 1. The molecule has 0 spiro atoms. The predicted molar refractivity (Wildman–Crippen MR) is 113 cm³/mol. The number of hydrogen-bond acceptors (Lipinski definition) is 9. The summed E-state index contributed by atoms with van der Waals surface area (Å²) in [6.07, 6.45) is -0.241. The first kappa shape index (κ1) is 28.0. The van der Waals surface area contributed by atoms with E-state index in [1.165, 1.54) is 12.5 Å². The molecule has 0 fully saturated rings. The molecule has 16 heteroatoms. The molecule has 0 aromatic carbocycles. The molecule has 0 bridgehead atoms. The third-order valence-electron chi connectivity index (χ3n) is 4.45. The Morgan fingerprint density at radius 3 is 2.03 bits per heavy atom. The van der Waals surface area contributed by atoms with E-state index in [0.29, 0.717) is 5.69 Å². The highest BCUT2D eigenvalue weighted by atomic mass is 16.4. The van der Waals surface area contributed by atoms with Crippen LogP contribution in [0.2, 0.25) is 0 Å². The van der Waals surface area contributed by atoms with Crippen molar-refractivity contribution in [1.29, 1.82) is 0 Å². The van der Waals surface area contributed by atoms with Crippen LogP contribution in [-0.2, 0) is 35.2 Å². The van der Waals surface area contributed by atoms with E-state index in [4.69, 9.17) is 17.2 Å². The van der Waals surface area contributed by atoms with E-state index in [0.717, 1.165) is 6.92 Å². The van der Waals surface area contributed by atoms with Gasteiger partial charge >= 0.3 is 5.97 Å². The number of rotatable bonds is 14. The van der Waals surface area contributed by atoms with Gasteiger partial charge in [-0.25, -0.2) is 9.78 Å². The van der Waals surface area contributed by atoms with Gasteiger partial charge in [-0.15, -0.1) is 0 Å². The number of aromatic amines is 1. The Morgan fingerprint density at radius 2 is 1.56 bits per heavy atom. The average molecular weight is 484 g/mol. The highest BCUT2D eigenvalue weighted by Crippen LogP contribution is 2.03. The lowest BCUT2D eigenvalue weighted by Crippen LogP contribution is -2.60. The van der Waals surface area contributed by atoms with Crippen molar-refractivity contribution in [2.24, 2.45) is 17.2 Å². The number of aromatic nitrogens is 2. The molecule has 12 N–H and O–H groups in total. The second-order valence-corrected chi connectivity index (χ2v) is 7.42. The van der Waals surface area contributed by atoms with Crippen molar-refractivity contribution in [3.8, 4) is 0 Å². The predicted octanol–water partition coefficient (Wildman–Crippen LogP) is -5.05. The van der Waals surface area contributed by atoms with Crippen LogP contribution in [0.25, 0.3) is 0 Å². The van der Waals surface area contributed by atoms with Gasteiger partial charge in [0.15, 0.2) is 0 Å². The first-order chi connectivity index (χ1) is 15.8. The lowest BCUT2D eigenvalue weighted by molar-refractivity contribution is -0.143. The van der Waals surface area contributed by atoms with Crippen LogP contribution in [0.1, 0.15) is 25.5 Å². The smallest absolute Gasteiger partial charge is 0.326 e. The Kier molecular flexibility index (Phi) is 10.6. The molecule has 0 saturated heterocycles. The molecule has 1 heterocycles. The van der Waals surface area contributed by atoms with Crippen molar-refractivity contribution in [2.75, 3.05) is 0 Å². The third kappa shape index (κ3) is 9.21. The standard InChI is InChI=1S/C18H28N8O8/c1-7(27)14(17(32)25-11(18(33)34)2-8-5-22-6-23-8)26-16(31)10(4-13(21)29)24-15(30)9(19)3-12(20)28/h5-7,9-11,14,27H,2-4,19H2,1H3,(H2,20,28)(H2,21,29)(H,22,23)(H,24,30)(H,25,32)(H,26,31)(H,33,34). The highest BCUT2D eigenvalue weighted by molar-refractivity contribution is 5.97. The first-order valence-electron chi connectivity index (χ1n) is 9.93. The zero-order chi connectivity index (χ0) is 26.0. The number of H-pyrrole nitrogens is 1. The number of carboxylic acids is 1. The summed E-state index contributed by atoms with van der Waals surface area (Å²) in [5.74, 6) is -6.41. The molecule has 0 radical (unpaired) electrons. The zero-order valence-corrected chi connectivity index (χ0v) is 18.2. The summed E-state index contributed by atoms with van der Waals surface area (Å²) < 4.78 is 0. The molecule has 5 amide bonds. The van der Waals surface area contributed by atoms with Crippen molar-refractivity contribution in [3.63, 3.8) is 0 Å². The monoisotopic (exact) mass is 484 g/mol. The Bertz CT molecular complexity index is 904. The van der Waals surface area contributed by atoms with E-state index >= 15 is 0 Å². The highest BCUT2D eigenvalue weighted by Gasteiger charge is 2.33. The molecule has 0 aliphatic heterocycles. The second kappa shape index (κ2) is 12.9. The molecule has 0 saturated carbocycles. The molecule has 1 aromatic rings. The van der Waals surface area contributed by atoms with E-state index in [9.17, 15) is 39.0 Å². The Labute approximate surface area is 193 Å². The van der Waals surface area contributed by atoms with Crippen LogP contribution in [0.5, 0.6) is 0 Å². The van der Waals surface area contributed by atoms with Crippen LogP contribution in [0.3, 0.4) is 0 Å². The number of aliphatic hydroxyl groups is 1. The fourth-order valence-corrected chi connectivity index (χ4v) is 2.74. The number of amides is 5. The number of nitrogens with zero attached hydrogens (tertiary/aromatic N) is 1. The number of hydrogen-bond donors (Lipinski definition) is 9. The van der Waals surface area contributed by atoms with E-state index in [1.807, 2.05) is 0 Å². The van der Waals surface area contributed by atoms with Crippen LogP contribution in [0.15, 0.2) is 12.5 Å². The van der Waals surface area contributed by atoms with Crippen molar-refractivity contribution >= 4 is 35.5 Å². The average Bonchev–Trinajstić information content (AvgIpc) is 3.22. The van der Waals surface area contributed by atoms with Gasteiger partial charge in [-0.1, -0.05) is 0 Å². The van der Waals surface area contributed by atoms with E-state index in [-0.39, 0.29) is 6.42 Å². The van der Waals surface area contributed by atoms with Crippen LogP contribution in [-0.4, -0.2) is 86.0 Å². The maximum absolute atomic E-state index is 12.7. The third-order valence-corrected chi connectivity index (χ3v) is 4.45. The maximum Gasteiger partial charge on any atom is 0.326 e. The summed E-state index contributed by atoms with van der Waals surface area (Å²) in [5, 5.41) is 25.8. The number of nitrogens with one attached hydrogen (secondary N) is 4. The van der Waals surface area contributed by atoms with Gasteiger partial charge in [-0.3, -0.25) is 24.0 Å². The summed E-state index contributed by atoms with van der Waals surface area (Å²) >= 11 is 0. The molecule has 188 valence electrons. The fourth-order valence-electron chi connectivity index (χ4n) is 2.74. The van der Waals surface area contributed by atoms with Crippen molar-refractivity contribution in [2.45, 2.75) is 56.5 Å². The van der Waals surface area contributed by atoms with Crippen molar-refractivity contribution in [3.05, 3.63) is 18.2 Å². The van der Waals surface area contributed by atoms with Crippen LogP contribution < -0.4 is 33.2 Å². The van der Waals surface area contributed by atoms with Gasteiger partial charge in [-0.2, -0.15) is 0 Å². The molecule has 34 heavy (non-hydrogen) atoms. The molecule has 1 rings (SSSR count). The molecule has 1 aromatic heterocycles. The Morgan fingerprint density at radius 1 is 0.971 bits per heavy atom. The molecular weight excluding hydrogens is 456 g/mol. The van der Waals surface area contributed by atoms with E-state index < -0.39 is 78.6 Å².